The summed E-state index contributed by atoms with van der Waals surface area (Å²) in [6.45, 7) is 0.792. The number of H-pyrrole nitrogens is 1. The Balaban J connectivity index is 1.33. The van der Waals surface area contributed by atoms with Gasteiger partial charge in [0.15, 0.2) is 0 Å². The van der Waals surface area contributed by atoms with Crippen LogP contribution in [0.4, 0.5) is 4.39 Å². The van der Waals surface area contributed by atoms with Crippen LogP contribution in [0.1, 0.15) is 36.1 Å². The number of halogens is 1. The van der Waals surface area contributed by atoms with Gasteiger partial charge in [-0.25, -0.2) is 9.37 Å². The number of rotatable bonds is 7. The number of nitrogens with one attached hydrogen (secondary N) is 1. The maximum atomic E-state index is 14.3. The molecule has 6 rings (SSSR count). The molecule has 2 heterocycles. The van der Waals surface area contributed by atoms with Crippen LogP contribution >= 0.6 is 0 Å². The van der Waals surface area contributed by atoms with E-state index in [1.807, 2.05) is 30.6 Å². The molecule has 1 aliphatic rings. The Kier molecular flexibility index (Phi) is 6.17. The van der Waals surface area contributed by atoms with Crippen molar-refractivity contribution < 1.29 is 4.39 Å². The normalized spacial score (nSPS) is 18.1. The Hall–Kier alpha value is -3.70. The fourth-order valence-corrected chi connectivity index (χ4v) is 5.99. The van der Waals surface area contributed by atoms with Crippen LogP contribution in [0.2, 0.25) is 0 Å². The van der Waals surface area contributed by atoms with Crippen LogP contribution in [-0.4, -0.2) is 39.1 Å². The highest BCUT2D eigenvalue weighted by Gasteiger charge is 2.35. The van der Waals surface area contributed by atoms with Crippen molar-refractivity contribution in [2.24, 2.45) is 0 Å². The molecule has 0 spiro atoms. The number of hydrogen-bond acceptors (Lipinski definition) is 2. The second-order valence-corrected chi connectivity index (χ2v) is 10.6. The van der Waals surface area contributed by atoms with Gasteiger partial charge in [-0.3, -0.25) is 0 Å². The van der Waals surface area contributed by atoms with Gasteiger partial charge in [-0.1, -0.05) is 48.5 Å². The van der Waals surface area contributed by atoms with Crippen molar-refractivity contribution in [2.45, 2.75) is 44.2 Å². The first-order chi connectivity index (χ1) is 18.0. The van der Waals surface area contributed by atoms with Gasteiger partial charge in [0.1, 0.15) is 5.82 Å². The van der Waals surface area contributed by atoms with Gasteiger partial charge in [0.05, 0.1) is 17.4 Å². The van der Waals surface area contributed by atoms with Crippen LogP contribution in [0, 0.1) is 5.82 Å². The summed E-state index contributed by atoms with van der Waals surface area (Å²) in [5.74, 6) is -0.195. The van der Waals surface area contributed by atoms with Crippen molar-refractivity contribution in [1.82, 2.24) is 19.4 Å². The van der Waals surface area contributed by atoms with E-state index < -0.39 is 0 Å². The lowest BCUT2D eigenvalue weighted by Gasteiger charge is -2.42. The lowest BCUT2D eigenvalue weighted by Crippen LogP contribution is -2.47. The van der Waals surface area contributed by atoms with Crippen LogP contribution in [-0.2, 0) is 19.4 Å². The summed E-state index contributed by atoms with van der Waals surface area (Å²) in [5.41, 5.74) is 8.30. The molecule has 0 radical (unpaired) electrons. The largest absolute Gasteiger partial charge is 0.355 e. The van der Waals surface area contributed by atoms with E-state index in [1.165, 1.54) is 16.7 Å². The van der Waals surface area contributed by atoms with E-state index in [-0.39, 0.29) is 11.4 Å². The van der Waals surface area contributed by atoms with E-state index >= 15 is 0 Å². The van der Waals surface area contributed by atoms with Gasteiger partial charge in [-0.15, -0.1) is 0 Å². The summed E-state index contributed by atoms with van der Waals surface area (Å²) in [7, 11) is 4.41. The van der Waals surface area contributed by atoms with E-state index in [2.05, 4.69) is 76.0 Å². The summed E-state index contributed by atoms with van der Waals surface area (Å²) in [5, 5.41) is 0.981. The molecule has 3 aromatic carbocycles. The summed E-state index contributed by atoms with van der Waals surface area (Å²) in [4.78, 5) is 10.6. The minimum atomic E-state index is -0.195. The molecule has 1 aliphatic carbocycles. The summed E-state index contributed by atoms with van der Waals surface area (Å²) >= 11 is 0. The van der Waals surface area contributed by atoms with Crippen LogP contribution in [0.5, 0.6) is 0 Å². The molecule has 2 aromatic heterocycles. The van der Waals surface area contributed by atoms with Crippen LogP contribution in [0.3, 0.4) is 0 Å². The summed E-state index contributed by atoms with van der Waals surface area (Å²) in [6.07, 6.45) is 9.22. The molecule has 4 nitrogen and oxygen atoms in total. The third-order valence-corrected chi connectivity index (χ3v) is 8.23. The third kappa shape index (κ3) is 4.49. The fourth-order valence-electron chi connectivity index (χ4n) is 5.99. The molecule has 0 bridgehead atoms. The van der Waals surface area contributed by atoms with E-state index in [0.717, 1.165) is 66.3 Å². The zero-order valence-corrected chi connectivity index (χ0v) is 21.5. The number of likely N-dealkylation sites (N-methyl/N-ethyl adjacent to an activating group) is 1. The van der Waals surface area contributed by atoms with Gasteiger partial charge < -0.3 is 14.5 Å². The Morgan fingerprint density at radius 1 is 1.03 bits per heavy atom. The van der Waals surface area contributed by atoms with Crippen molar-refractivity contribution in [1.29, 1.82) is 0 Å². The highest BCUT2D eigenvalue weighted by atomic mass is 19.1. The van der Waals surface area contributed by atoms with Crippen LogP contribution in [0.15, 0.2) is 85.2 Å². The van der Waals surface area contributed by atoms with Crippen molar-refractivity contribution in [3.8, 4) is 0 Å². The minimum Gasteiger partial charge on any atom is -0.355 e. The molecule has 0 amide bonds. The number of benzene rings is 3. The molecule has 0 fully saturated rings. The standard InChI is InChI=1S/C32H33FN4/c1-36(2)32(21-23-8-4-3-5-9-23)17-14-24(15-18-32)31-26(27-20-25(33)12-13-28(27)35-31)16-19-37-22-34-29-10-6-7-11-30(29)37/h3-14,20,22,35H,15-19,21H2,1-2H3. The van der Waals surface area contributed by atoms with Crippen molar-refractivity contribution in [3.63, 3.8) is 0 Å². The van der Waals surface area contributed by atoms with Crippen LogP contribution in [0.25, 0.3) is 27.5 Å². The highest BCUT2D eigenvalue weighted by molar-refractivity contribution is 5.89. The van der Waals surface area contributed by atoms with Crippen LogP contribution < -0.4 is 0 Å². The SMILES string of the molecule is CN(C)C1(Cc2ccccc2)CC=C(c2[nH]c3ccc(F)cc3c2CCn2cnc3ccccc32)CC1. The molecule has 188 valence electrons. The number of hydrogen-bond donors (Lipinski definition) is 1. The Labute approximate surface area is 217 Å². The topological polar surface area (TPSA) is 36.9 Å². The van der Waals surface area contributed by atoms with Crippen molar-refractivity contribution >= 4 is 27.5 Å². The van der Waals surface area contributed by atoms with E-state index in [1.54, 1.807) is 12.1 Å². The maximum Gasteiger partial charge on any atom is 0.123 e. The molecule has 1 unspecified atom stereocenters. The van der Waals surface area contributed by atoms with Gasteiger partial charge in [0.2, 0.25) is 0 Å². The predicted octanol–water partition coefficient (Wildman–Crippen LogP) is 7.01. The molecule has 1 N–H and O–H groups in total. The Bertz CT molecular complexity index is 1580. The number of aromatic nitrogens is 3. The van der Waals surface area contributed by atoms with Crippen molar-refractivity contribution in [2.75, 3.05) is 14.1 Å². The number of nitrogens with zero attached hydrogens (tertiary/aromatic N) is 3. The molecule has 37 heavy (non-hydrogen) atoms. The van der Waals surface area contributed by atoms with Gasteiger partial charge in [0.25, 0.3) is 0 Å². The Morgan fingerprint density at radius 3 is 2.62 bits per heavy atom. The zero-order valence-electron chi connectivity index (χ0n) is 21.5. The highest BCUT2D eigenvalue weighted by Crippen LogP contribution is 2.40. The first-order valence-electron chi connectivity index (χ1n) is 13.1. The number of fused-ring (bicyclic) bond motifs is 2. The van der Waals surface area contributed by atoms with E-state index in [9.17, 15) is 4.39 Å². The van der Waals surface area contributed by atoms with E-state index in [4.69, 9.17) is 0 Å². The second-order valence-electron chi connectivity index (χ2n) is 10.6. The molecular formula is C32H33FN4. The van der Waals surface area contributed by atoms with Gasteiger partial charge in [0, 0.05) is 28.7 Å². The first kappa shape index (κ1) is 23.7. The predicted molar refractivity (Wildman–Crippen MR) is 150 cm³/mol. The molecule has 5 heteroatoms. The minimum absolute atomic E-state index is 0.0961. The number of aromatic amines is 1. The number of allylic oxidation sites excluding steroid dienone is 1. The third-order valence-electron chi connectivity index (χ3n) is 8.23. The van der Waals surface area contributed by atoms with Gasteiger partial charge in [-0.05, 0) is 93.2 Å². The van der Waals surface area contributed by atoms with Gasteiger partial charge >= 0.3 is 0 Å². The summed E-state index contributed by atoms with van der Waals surface area (Å²) in [6, 6.07) is 24.1. The Morgan fingerprint density at radius 2 is 1.84 bits per heavy atom. The van der Waals surface area contributed by atoms with Gasteiger partial charge in [-0.2, -0.15) is 0 Å². The first-order valence-corrected chi connectivity index (χ1v) is 13.1. The van der Waals surface area contributed by atoms with E-state index in [0.29, 0.717) is 0 Å². The maximum absolute atomic E-state index is 14.3. The smallest absolute Gasteiger partial charge is 0.123 e. The molecule has 5 aromatic rings. The number of para-hydroxylation sites is 2. The summed E-state index contributed by atoms with van der Waals surface area (Å²) < 4.78 is 16.5. The number of aryl methyl sites for hydroxylation is 2. The van der Waals surface area contributed by atoms with Crippen molar-refractivity contribution in [3.05, 3.63) is 108 Å². The zero-order chi connectivity index (χ0) is 25.4. The molecule has 1 atom stereocenters. The monoisotopic (exact) mass is 492 g/mol. The average molecular weight is 493 g/mol. The molecule has 0 aliphatic heterocycles. The molecule has 0 saturated heterocycles. The second kappa shape index (κ2) is 9.64. The molecular weight excluding hydrogens is 459 g/mol. The molecule has 0 saturated carbocycles. The fraction of sp³-hybridized carbons (Fsp3) is 0.281. The number of imidazole rings is 1. The average Bonchev–Trinajstić information content (AvgIpc) is 3.49. The lowest BCUT2D eigenvalue weighted by molar-refractivity contribution is 0.138. The lowest BCUT2D eigenvalue weighted by atomic mass is 9.76. The quantitative estimate of drug-likeness (QED) is 0.265.